The van der Waals surface area contributed by atoms with E-state index in [4.69, 9.17) is 16.9 Å². The standard InChI is InChI=1S/C27H27N5O3/c1-4-8-21(9-5-2)35-22-13-11-19(12-14-22)32-25-23(15-16-29-26(25)28)31(27(32)34)20-10-7-17-30(18-20)24(33)6-3/h1,5-6,8-9,11-16,20H,3,7,10,17-18H2,2H3,(H2,28,29)/b9-5-,21-8+. The van der Waals surface area contributed by atoms with E-state index in [9.17, 15) is 9.59 Å². The number of pyridine rings is 1. The first kappa shape index (κ1) is 23.6. The molecule has 2 N–H and O–H groups in total. The Bertz CT molecular complexity index is 1420. The lowest BCUT2D eigenvalue weighted by atomic mass is 10.1. The quantitative estimate of drug-likeness (QED) is 0.258. The lowest BCUT2D eigenvalue weighted by Gasteiger charge is -2.32. The van der Waals surface area contributed by atoms with Crippen molar-refractivity contribution in [2.24, 2.45) is 0 Å². The minimum absolute atomic E-state index is 0.139. The van der Waals surface area contributed by atoms with Gasteiger partial charge in [-0.15, -0.1) is 6.42 Å². The van der Waals surface area contributed by atoms with Crippen LogP contribution in [0.4, 0.5) is 5.82 Å². The molecule has 8 nitrogen and oxygen atoms in total. The highest BCUT2D eigenvalue weighted by atomic mass is 16.5. The van der Waals surface area contributed by atoms with Crippen LogP contribution in [0.3, 0.4) is 0 Å². The summed E-state index contributed by atoms with van der Waals surface area (Å²) in [6.07, 6.45) is 14.9. The Morgan fingerprint density at radius 1 is 1.31 bits per heavy atom. The summed E-state index contributed by atoms with van der Waals surface area (Å²) in [6, 6.07) is 8.68. The van der Waals surface area contributed by atoms with Crippen molar-refractivity contribution in [3.05, 3.63) is 83.7 Å². The number of benzene rings is 1. The second-order valence-electron chi connectivity index (χ2n) is 8.15. The van der Waals surface area contributed by atoms with Crippen LogP contribution in [-0.2, 0) is 4.79 Å². The Balaban J connectivity index is 1.77. The Kier molecular flexibility index (Phi) is 6.88. The van der Waals surface area contributed by atoms with E-state index in [1.165, 1.54) is 12.2 Å². The second kappa shape index (κ2) is 10.2. The van der Waals surface area contributed by atoms with E-state index in [1.807, 2.05) is 13.0 Å². The maximum Gasteiger partial charge on any atom is 0.334 e. The van der Waals surface area contributed by atoms with Crippen molar-refractivity contribution < 1.29 is 9.53 Å². The molecule has 0 aliphatic carbocycles. The molecular formula is C27H27N5O3. The third-order valence-corrected chi connectivity index (χ3v) is 5.95. The molecule has 178 valence electrons. The average Bonchev–Trinajstić information content (AvgIpc) is 3.17. The number of allylic oxidation sites excluding steroid dienone is 3. The summed E-state index contributed by atoms with van der Waals surface area (Å²) < 4.78 is 9.11. The summed E-state index contributed by atoms with van der Waals surface area (Å²) in [5, 5.41) is 0. The summed E-state index contributed by atoms with van der Waals surface area (Å²) in [5.41, 5.74) is 7.82. The normalized spacial score (nSPS) is 16.4. The van der Waals surface area contributed by atoms with Crippen molar-refractivity contribution in [3.63, 3.8) is 0 Å². The lowest BCUT2D eigenvalue weighted by Crippen LogP contribution is -2.42. The summed E-state index contributed by atoms with van der Waals surface area (Å²) >= 11 is 0. The van der Waals surface area contributed by atoms with Crippen LogP contribution >= 0.6 is 0 Å². The van der Waals surface area contributed by atoms with E-state index in [2.05, 4.69) is 17.5 Å². The lowest BCUT2D eigenvalue weighted by molar-refractivity contribution is -0.127. The van der Waals surface area contributed by atoms with Crippen LogP contribution in [0.15, 0.2) is 78.0 Å². The first-order valence-electron chi connectivity index (χ1n) is 11.3. The molecular weight excluding hydrogens is 442 g/mol. The van der Waals surface area contributed by atoms with Crippen molar-refractivity contribution in [1.29, 1.82) is 0 Å². The van der Waals surface area contributed by atoms with Gasteiger partial charge in [-0.2, -0.15) is 0 Å². The number of amides is 1. The van der Waals surface area contributed by atoms with Gasteiger partial charge < -0.3 is 15.4 Å². The van der Waals surface area contributed by atoms with E-state index in [1.54, 1.807) is 56.6 Å². The van der Waals surface area contributed by atoms with E-state index in [0.29, 0.717) is 41.3 Å². The Labute approximate surface area is 203 Å². The molecule has 35 heavy (non-hydrogen) atoms. The predicted octanol–water partition coefficient (Wildman–Crippen LogP) is 3.59. The molecule has 1 atom stereocenters. The van der Waals surface area contributed by atoms with Crippen LogP contribution in [0.5, 0.6) is 5.75 Å². The van der Waals surface area contributed by atoms with Crippen LogP contribution in [0.25, 0.3) is 16.7 Å². The highest BCUT2D eigenvalue weighted by Crippen LogP contribution is 2.29. The maximum atomic E-state index is 13.8. The molecule has 1 aliphatic rings. The maximum absolute atomic E-state index is 13.8. The zero-order valence-corrected chi connectivity index (χ0v) is 19.6. The number of carbonyl (C=O) groups excluding carboxylic acids is 1. The number of aromatic nitrogens is 3. The van der Waals surface area contributed by atoms with Crippen molar-refractivity contribution in [1.82, 2.24) is 19.0 Å². The number of nitrogens with zero attached hydrogens (tertiary/aromatic N) is 4. The van der Waals surface area contributed by atoms with E-state index in [-0.39, 0.29) is 23.5 Å². The van der Waals surface area contributed by atoms with Crippen LogP contribution in [-0.4, -0.2) is 38.0 Å². The molecule has 1 aliphatic heterocycles. The fraction of sp³-hybridized carbons (Fsp3) is 0.222. The minimum atomic E-state index is -0.242. The monoisotopic (exact) mass is 469 g/mol. The molecule has 4 rings (SSSR count). The topological polar surface area (TPSA) is 95.4 Å². The number of nitrogen functional groups attached to an aromatic ring is 1. The molecule has 0 spiro atoms. The number of terminal acetylenes is 1. The number of carbonyl (C=O) groups is 1. The first-order valence-corrected chi connectivity index (χ1v) is 11.3. The molecule has 3 aromatic rings. The molecule has 3 heterocycles. The molecule has 0 saturated carbocycles. The number of hydrogen-bond acceptors (Lipinski definition) is 5. The van der Waals surface area contributed by atoms with Crippen LogP contribution in [0, 0.1) is 12.3 Å². The molecule has 1 fully saturated rings. The Morgan fingerprint density at radius 3 is 2.77 bits per heavy atom. The summed E-state index contributed by atoms with van der Waals surface area (Å²) in [7, 11) is 0. The third-order valence-electron chi connectivity index (χ3n) is 5.95. The summed E-state index contributed by atoms with van der Waals surface area (Å²) in [5.74, 6) is 3.67. The van der Waals surface area contributed by atoms with Crippen LogP contribution in [0.1, 0.15) is 25.8 Å². The van der Waals surface area contributed by atoms with Gasteiger partial charge in [0.15, 0.2) is 0 Å². The Morgan fingerprint density at radius 2 is 2.09 bits per heavy atom. The SMILES string of the molecule is C#C/C=C(\C=C/C)Oc1ccc(-n2c(=O)n(C3CCCN(C(=O)C=C)C3)c3ccnc(N)c32)cc1. The highest BCUT2D eigenvalue weighted by Gasteiger charge is 2.28. The summed E-state index contributed by atoms with van der Waals surface area (Å²) in [6.45, 7) is 6.52. The van der Waals surface area contributed by atoms with Crippen molar-refractivity contribution in [2.75, 3.05) is 18.8 Å². The molecule has 8 heteroatoms. The van der Waals surface area contributed by atoms with Gasteiger partial charge in [-0.05, 0) is 62.2 Å². The van der Waals surface area contributed by atoms with Gasteiger partial charge in [-0.25, -0.2) is 9.78 Å². The van der Waals surface area contributed by atoms with Crippen molar-refractivity contribution in [3.8, 4) is 23.8 Å². The highest BCUT2D eigenvalue weighted by molar-refractivity contribution is 5.88. The number of likely N-dealkylation sites (tertiary alicyclic amines) is 1. The van der Waals surface area contributed by atoms with Crippen LogP contribution in [0.2, 0.25) is 0 Å². The number of ether oxygens (including phenoxy) is 1. The van der Waals surface area contributed by atoms with Crippen molar-refractivity contribution >= 4 is 22.8 Å². The number of fused-ring (bicyclic) bond motifs is 1. The molecule has 0 radical (unpaired) electrons. The van der Waals surface area contributed by atoms with Gasteiger partial charge in [-0.1, -0.05) is 18.6 Å². The van der Waals surface area contributed by atoms with Crippen LogP contribution < -0.4 is 16.2 Å². The van der Waals surface area contributed by atoms with E-state index < -0.39 is 0 Å². The molecule has 1 aromatic carbocycles. The van der Waals surface area contributed by atoms with Gasteiger partial charge in [-0.3, -0.25) is 13.9 Å². The molecule has 1 saturated heterocycles. The second-order valence-corrected chi connectivity index (χ2v) is 8.15. The van der Waals surface area contributed by atoms with Gasteiger partial charge in [0.1, 0.15) is 22.8 Å². The Hall–Kier alpha value is -4.51. The number of imidazole rings is 1. The van der Waals surface area contributed by atoms with Gasteiger partial charge in [0, 0.05) is 25.4 Å². The predicted molar refractivity (Wildman–Crippen MR) is 137 cm³/mol. The minimum Gasteiger partial charge on any atom is -0.457 e. The average molecular weight is 470 g/mol. The third kappa shape index (κ3) is 4.62. The zero-order chi connectivity index (χ0) is 24.9. The van der Waals surface area contributed by atoms with Gasteiger partial charge in [0.05, 0.1) is 17.2 Å². The number of anilines is 1. The molecule has 1 amide bonds. The largest absolute Gasteiger partial charge is 0.457 e. The molecule has 2 aromatic heterocycles. The smallest absolute Gasteiger partial charge is 0.334 e. The van der Waals surface area contributed by atoms with Crippen molar-refractivity contribution in [2.45, 2.75) is 25.8 Å². The van der Waals surface area contributed by atoms with E-state index >= 15 is 0 Å². The van der Waals surface area contributed by atoms with E-state index in [0.717, 1.165) is 12.8 Å². The van der Waals surface area contributed by atoms with Gasteiger partial charge in [0.2, 0.25) is 5.91 Å². The number of hydrogen-bond donors (Lipinski definition) is 1. The fourth-order valence-corrected chi connectivity index (χ4v) is 4.43. The molecule has 0 bridgehead atoms. The zero-order valence-electron chi connectivity index (χ0n) is 19.6. The molecule has 1 unspecified atom stereocenters. The summed E-state index contributed by atoms with van der Waals surface area (Å²) in [4.78, 5) is 31.9. The fourth-order valence-electron chi connectivity index (χ4n) is 4.43. The number of piperidine rings is 1. The van der Waals surface area contributed by atoms with Gasteiger partial charge in [0.25, 0.3) is 0 Å². The number of rotatable bonds is 6. The number of nitrogens with two attached hydrogens (primary N) is 1. The first-order chi connectivity index (χ1) is 17.0. The van der Waals surface area contributed by atoms with Gasteiger partial charge >= 0.3 is 5.69 Å².